The van der Waals surface area contributed by atoms with Crippen LogP contribution in [0.25, 0.3) is 11.1 Å². The Morgan fingerprint density at radius 1 is 1.25 bits per heavy atom. The Kier molecular flexibility index (Phi) is 2.82. The van der Waals surface area contributed by atoms with E-state index in [2.05, 4.69) is 6.07 Å². The summed E-state index contributed by atoms with van der Waals surface area (Å²) in [5, 5.41) is 0. The van der Waals surface area contributed by atoms with Crippen molar-refractivity contribution in [2.24, 2.45) is 0 Å². The lowest BCUT2D eigenvalue weighted by molar-refractivity contribution is 0.101. The van der Waals surface area contributed by atoms with Crippen molar-refractivity contribution >= 4 is 5.78 Å². The number of carbonyl (C=O) groups is 1. The first-order chi connectivity index (χ1) is 7.68. The predicted octanol–water partition coefficient (Wildman–Crippen LogP) is 3.50. The molecule has 0 saturated carbocycles. The monoisotopic (exact) mass is 213 g/mol. The van der Waals surface area contributed by atoms with Gasteiger partial charge in [0.2, 0.25) is 0 Å². The summed E-state index contributed by atoms with van der Waals surface area (Å²) in [6, 6.07) is 14.5. The summed E-state index contributed by atoms with van der Waals surface area (Å²) >= 11 is 0. The molecule has 2 rings (SSSR count). The molecule has 0 saturated heterocycles. The maximum atomic E-state index is 13.6. The van der Waals surface area contributed by atoms with Crippen LogP contribution >= 0.6 is 0 Å². The average Bonchev–Trinajstić information content (AvgIpc) is 2.30. The van der Waals surface area contributed by atoms with E-state index >= 15 is 0 Å². The molecule has 0 heterocycles. The molecule has 0 bridgehead atoms. The number of halogens is 1. The van der Waals surface area contributed by atoms with Gasteiger partial charge in [0.25, 0.3) is 0 Å². The van der Waals surface area contributed by atoms with Crippen molar-refractivity contribution in [3.63, 3.8) is 0 Å². The van der Waals surface area contributed by atoms with Crippen molar-refractivity contribution in [1.82, 2.24) is 0 Å². The third-order valence-corrected chi connectivity index (χ3v) is 2.36. The van der Waals surface area contributed by atoms with E-state index in [0.29, 0.717) is 11.1 Å². The number of ketones is 1. The van der Waals surface area contributed by atoms with Crippen molar-refractivity contribution in [3.05, 3.63) is 59.9 Å². The molecule has 0 aromatic heterocycles. The summed E-state index contributed by atoms with van der Waals surface area (Å²) in [5.74, 6) is -0.478. The summed E-state index contributed by atoms with van der Waals surface area (Å²) in [7, 11) is 0. The van der Waals surface area contributed by atoms with Gasteiger partial charge < -0.3 is 0 Å². The maximum absolute atomic E-state index is 13.6. The third-order valence-electron chi connectivity index (χ3n) is 2.36. The molecule has 0 amide bonds. The highest BCUT2D eigenvalue weighted by Crippen LogP contribution is 2.23. The first-order valence-corrected chi connectivity index (χ1v) is 4.96. The molecule has 0 aliphatic carbocycles. The lowest BCUT2D eigenvalue weighted by Crippen LogP contribution is -1.94. The van der Waals surface area contributed by atoms with Crippen LogP contribution in [0.1, 0.15) is 17.3 Å². The number of hydrogen-bond acceptors (Lipinski definition) is 1. The molecular weight excluding hydrogens is 203 g/mol. The van der Waals surface area contributed by atoms with Crippen molar-refractivity contribution in [2.45, 2.75) is 6.92 Å². The minimum absolute atomic E-state index is 0.114. The fourth-order valence-corrected chi connectivity index (χ4v) is 1.52. The van der Waals surface area contributed by atoms with Gasteiger partial charge in [-0.2, -0.15) is 0 Å². The molecule has 0 spiro atoms. The molecule has 0 aliphatic heterocycles. The summed E-state index contributed by atoms with van der Waals surface area (Å²) < 4.78 is 13.6. The van der Waals surface area contributed by atoms with Gasteiger partial charge >= 0.3 is 0 Å². The van der Waals surface area contributed by atoms with Crippen LogP contribution < -0.4 is 0 Å². The zero-order valence-electron chi connectivity index (χ0n) is 8.83. The zero-order chi connectivity index (χ0) is 11.5. The standard InChI is InChI=1S/C14H10FO/c1-10(16)12-7-8-14(15)13(9-12)11-5-3-2-4-6-11/h2-6,8-9H,1H3. The summed E-state index contributed by atoms with van der Waals surface area (Å²) in [6.07, 6.45) is 0. The van der Waals surface area contributed by atoms with Crippen LogP contribution in [-0.2, 0) is 0 Å². The van der Waals surface area contributed by atoms with E-state index < -0.39 is 0 Å². The molecule has 16 heavy (non-hydrogen) atoms. The number of rotatable bonds is 2. The Morgan fingerprint density at radius 3 is 2.56 bits per heavy atom. The average molecular weight is 213 g/mol. The van der Waals surface area contributed by atoms with Crippen molar-refractivity contribution < 1.29 is 9.18 Å². The summed E-state index contributed by atoms with van der Waals surface area (Å²) in [4.78, 5) is 11.2. The second kappa shape index (κ2) is 4.27. The van der Waals surface area contributed by atoms with Crippen LogP contribution in [0.4, 0.5) is 4.39 Å². The molecule has 0 atom stereocenters. The minimum Gasteiger partial charge on any atom is -0.294 e. The van der Waals surface area contributed by atoms with Crippen LogP contribution in [0, 0.1) is 11.9 Å². The molecule has 0 unspecified atom stereocenters. The molecule has 1 radical (unpaired) electrons. The zero-order valence-corrected chi connectivity index (χ0v) is 8.83. The Balaban J connectivity index is 2.56. The highest BCUT2D eigenvalue weighted by atomic mass is 19.1. The van der Waals surface area contributed by atoms with Gasteiger partial charge in [-0.1, -0.05) is 30.3 Å². The van der Waals surface area contributed by atoms with Crippen LogP contribution in [-0.4, -0.2) is 5.78 Å². The van der Waals surface area contributed by atoms with Gasteiger partial charge in [-0.05, 0) is 30.7 Å². The third kappa shape index (κ3) is 2.01. The van der Waals surface area contributed by atoms with Crippen LogP contribution in [0.5, 0.6) is 0 Å². The molecule has 0 aliphatic rings. The number of Topliss-reactive ketones (excluding diaryl/α,β-unsaturated/α-hetero) is 1. The van der Waals surface area contributed by atoms with Crippen molar-refractivity contribution in [1.29, 1.82) is 0 Å². The van der Waals surface area contributed by atoms with E-state index in [1.807, 2.05) is 30.3 Å². The quantitative estimate of drug-likeness (QED) is 0.698. The maximum Gasteiger partial charge on any atom is 0.160 e. The van der Waals surface area contributed by atoms with Gasteiger partial charge in [0.1, 0.15) is 5.82 Å². The highest BCUT2D eigenvalue weighted by molar-refractivity contribution is 5.95. The lowest BCUT2D eigenvalue weighted by atomic mass is 10.0. The Bertz CT molecular complexity index is 518. The van der Waals surface area contributed by atoms with Gasteiger partial charge in [-0.3, -0.25) is 4.79 Å². The Labute approximate surface area is 93.5 Å². The molecule has 2 aromatic rings. The number of benzene rings is 2. The molecule has 0 fully saturated rings. The largest absolute Gasteiger partial charge is 0.294 e. The Morgan fingerprint density at radius 2 is 1.94 bits per heavy atom. The van der Waals surface area contributed by atoms with Gasteiger partial charge in [0, 0.05) is 11.1 Å². The van der Waals surface area contributed by atoms with Crippen molar-refractivity contribution in [3.8, 4) is 11.1 Å². The molecule has 2 aromatic carbocycles. The highest BCUT2D eigenvalue weighted by Gasteiger charge is 2.08. The fraction of sp³-hybridized carbons (Fsp3) is 0.0714. The van der Waals surface area contributed by atoms with Crippen LogP contribution in [0.15, 0.2) is 42.5 Å². The topological polar surface area (TPSA) is 17.1 Å². The van der Waals surface area contributed by atoms with E-state index in [4.69, 9.17) is 0 Å². The van der Waals surface area contributed by atoms with Gasteiger partial charge in [-0.25, -0.2) is 4.39 Å². The predicted molar refractivity (Wildman–Crippen MR) is 60.7 cm³/mol. The first-order valence-electron chi connectivity index (χ1n) is 4.96. The fourth-order valence-electron chi connectivity index (χ4n) is 1.52. The molecule has 2 heteroatoms. The van der Waals surface area contributed by atoms with Gasteiger partial charge in [-0.15, -0.1) is 0 Å². The van der Waals surface area contributed by atoms with E-state index in [0.717, 1.165) is 5.56 Å². The smallest absolute Gasteiger partial charge is 0.160 e. The van der Waals surface area contributed by atoms with E-state index in [1.165, 1.54) is 19.1 Å². The van der Waals surface area contributed by atoms with Crippen LogP contribution in [0.2, 0.25) is 0 Å². The summed E-state index contributed by atoms with van der Waals surface area (Å²) in [6.45, 7) is 1.44. The second-order valence-corrected chi connectivity index (χ2v) is 3.53. The second-order valence-electron chi connectivity index (χ2n) is 3.53. The molecule has 0 N–H and O–H groups in total. The molecule has 1 nitrogen and oxygen atoms in total. The van der Waals surface area contributed by atoms with Gasteiger partial charge in [0.05, 0.1) is 0 Å². The van der Waals surface area contributed by atoms with E-state index in [1.54, 1.807) is 0 Å². The van der Waals surface area contributed by atoms with E-state index in [-0.39, 0.29) is 11.6 Å². The van der Waals surface area contributed by atoms with Gasteiger partial charge in [0.15, 0.2) is 5.78 Å². The van der Waals surface area contributed by atoms with E-state index in [9.17, 15) is 9.18 Å². The van der Waals surface area contributed by atoms with Crippen LogP contribution in [0.3, 0.4) is 0 Å². The summed E-state index contributed by atoms with van der Waals surface area (Å²) in [5.41, 5.74) is 1.60. The number of carbonyl (C=O) groups excluding carboxylic acids is 1. The van der Waals surface area contributed by atoms with Crippen molar-refractivity contribution in [2.75, 3.05) is 0 Å². The molecule has 79 valence electrons. The normalized spacial score (nSPS) is 10.1. The molecular formula is C14H10FO. The SMILES string of the molecule is CC(=O)c1[c]cc(F)c(-c2ccccc2)c1. The Hall–Kier alpha value is -1.96. The first kappa shape index (κ1) is 10.6. The lowest BCUT2D eigenvalue weighted by Gasteiger charge is -2.04. The minimum atomic E-state index is -0.365. The number of hydrogen-bond donors (Lipinski definition) is 0.